The number of benzene rings is 2. The van der Waals surface area contributed by atoms with Crippen molar-refractivity contribution >= 4 is 22.5 Å². The fourth-order valence-electron chi connectivity index (χ4n) is 4.45. The van der Waals surface area contributed by atoms with Crippen LogP contribution in [0.5, 0.6) is 5.75 Å². The van der Waals surface area contributed by atoms with Gasteiger partial charge in [-0.1, -0.05) is 23.7 Å². The molecule has 2 unspecified atom stereocenters. The largest absolute Gasteiger partial charge is 0.491 e. The van der Waals surface area contributed by atoms with E-state index in [0.717, 1.165) is 35.6 Å². The molecule has 154 valence electrons. The zero-order chi connectivity index (χ0) is 20.5. The zero-order valence-corrected chi connectivity index (χ0v) is 17.3. The number of aliphatic hydroxyl groups is 1. The number of H-pyrrole nitrogens is 1. The van der Waals surface area contributed by atoms with Crippen molar-refractivity contribution < 1.29 is 9.84 Å². The number of hydrogen-bond acceptors (Lipinski definition) is 3. The van der Waals surface area contributed by atoms with Gasteiger partial charge in [-0.3, -0.25) is 0 Å². The van der Waals surface area contributed by atoms with E-state index in [0.29, 0.717) is 12.5 Å². The third-order valence-electron chi connectivity index (χ3n) is 5.87. The van der Waals surface area contributed by atoms with E-state index >= 15 is 0 Å². The van der Waals surface area contributed by atoms with E-state index in [-0.39, 0.29) is 6.61 Å². The van der Waals surface area contributed by atoms with Crippen LogP contribution < -0.4 is 4.74 Å². The summed E-state index contributed by atoms with van der Waals surface area (Å²) in [7, 11) is 0. The molecule has 0 aliphatic heterocycles. The predicted molar refractivity (Wildman–Crippen MR) is 118 cm³/mol. The number of aliphatic hydroxyl groups excluding tert-OH is 1. The van der Waals surface area contributed by atoms with Gasteiger partial charge in [0.15, 0.2) is 0 Å². The van der Waals surface area contributed by atoms with Crippen molar-refractivity contribution in [3.63, 3.8) is 0 Å². The summed E-state index contributed by atoms with van der Waals surface area (Å²) in [4.78, 5) is 7.62. The minimum absolute atomic E-state index is 0.244. The number of halogens is 1. The summed E-state index contributed by atoms with van der Waals surface area (Å²) in [5, 5.41) is 12.2. The first-order valence-corrected chi connectivity index (χ1v) is 10.7. The molecule has 0 amide bonds. The van der Waals surface area contributed by atoms with Gasteiger partial charge in [0.2, 0.25) is 0 Å². The number of hydrogen-bond donors (Lipinski definition) is 2. The Morgan fingerprint density at radius 3 is 2.90 bits per heavy atom. The Kier molecular flexibility index (Phi) is 5.23. The third-order valence-corrected chi connectivity index (χ3v) is 6.11. The Hall–Kier alpha value is -2.76. The molecule has 0 spiro atoms. The summed E-state index contributed by atoms with van der Waals surface area (Å²) >= 11 is 6.23. The molecule has 2 heterocycles. The average Bonchev–Trinajstić information content (AvgIpc) is 3.40. The molecular formula is C24H24ClN3O2. The SMILES string of the molecule is OC(COc1ccc(C2CCCc3c2[nH]c2ccc(Cl)cc32)cc1)Cn1ccnc1. The van der Waals surface area contributed by atoms with Gasteiger partial charge in [0.25, 0.3) is 0 Å². The fourth-order valence-corrected chi connectivity index (χ4v) is 4.62. The molecule has 6 heteroatoms. The van der Waals surface area contributed by atoms with E-state index in [1.165, 1.54) is 22.2 Å². The highest BCUT2D eigenvalue weighted by Gasteiger charge is 2.25. The fraction of sp³-hybridized carbons (Fsp3) is 0.292. The van der Waals surface area contributed by atoms with Crippen LogP contribution in [0, 0.1) is 0 Å². The van der Waals surface area contributed by atoms with Crippen molar-refractivity contribution in [3.05, 3.63) is 83.0 Å². The highest BCUT2D eigenvalue weighted by atomic mass is 35.5. The molecule has 5 nitrogen and oxygen atoms in total. The number of aromatic nitrogens is 3. The summed E-state index contributed by atoms with van der Waals surface area (Å²) in [6, 6.07) is 14.3. The maximum atomic E-state index is 10.2. The molecule has 0 radical (unpaired) electrons. The highest BCUT2D eigenvalue weighted by Crippen LogP contribution is 2.40. The van der Waals surface area contributed by atoms with Crippen LogP contribution in [-0.4, -0.2) is 32.4 Å². The van der Waals surface area contributed by atoms with Gasteiger partial charge in [0.05, 0.1) is 12.9 Å². The van der Waals surface area contributed by atoms with E-state index in [1.54, 1.807) is 12.5 Å². The lowest BCUT2D eigenvalue weighted by atomic mass is 9.82. The van der Waals surface area contributed by atoms with Crippen molar-refractivity contribution in [2.75, 3.05) is 6.61 Å². The molecule has 0 saturated heterocycles. The lowest BCUT2D eigenvalue weighted by Gasteiger charge is -2.23. The number of nitrogens with one attached hydrogen (secondary N) is 1. The molecule has 4 aromatic rings. The lowest BCUT2D eigenvalue weighted by molar-refractivity contribution is 0.0924. The molecule has 0 bridgehead atoms. The second-order valence-electron chi connectivity index (χ2n) is 7.95. The van der Waals surface area contributed by atoms with E-state index < -0.39 is 6.10 Å². The van der Waals surface area contributed by atoms with Crippen LogP contribution in [0.15, 0.2) is 61.2 Å². The highest BCUT2D eigenvalue weighted by molar-refractivity contribution is 6.31. The first kappa shape index (κ1) is 19.2. The number of aromatic amines is 1. The van der Waals surface area contributed by atoms with Crippen LogP contribution in [0.1, 0.15) is 35.6 Å². The molecule has 0 fully saturated rings. The summed E-state index contributed by atoms with van der Waals surface area (Å²) < 4.78 is 7.62. The Balaban J connectivity index is 1.30. The molecule has 2 aromatic carbocycles. The Labute approximate surface area is 180 Å². The lowest BCUT2D eigenvalue weighted by Crippen LogP contribution is -2.23. The summed E-state index contributed by atoms with van der Waals surface area (Å²) in [6.45, 7) is 0.710. The van der Waals surface area contributed by atoms with Gasteiger partial charge in [0, 0.05) is 39.9 Å². The van der Waals surface area contributed by atoms with Crippen LogP contribution in [-0.2, 0) is 13.0 Å². The van der Waals surface area contributed by atoms with E-state index in [9.17, 15) is 5.11 Å². The maximum Gasteiger partial charge on any atom is 0.119 e. The van der Waals surface area contributed by atoms with Gasteiger partial charge in [-0.15, -0.1) is 0 Å². The average molecular weight is 422 g/mol. The van der Waals surface area contributed by atoms with Crippen LogP contribution >= 0.6 is 11.6 Å². The van der Waals surface area contributed by atoms with Crippen LogP contribution in [0.4, 0.5) is 0 Å². The molecule has 30 heavy (non-hydrogen) atoms. The summed E-state index contributed by atoms with van der Waals surface area (Å²) in [5.41, 5.74) is 5.14. The van der Waals surface area contributed by atoms with Crippen LogP contribution in [0.2, 0.25) is 5.02 Å². The quantitative estimate of drug-likeness (QED) is 0.464. The molecule has 2 aromatic heterocycles. The minimum Gasteiger partial charge on any atom is -0.491 e. The van der Waals surface area contributed by atoms with Crippen molar-refractivity contribution in [1.82, 2.24) is 14.5 Å². The Morgan fingerprint density at radius 2 is 2.10 bits per heavy atom. The number of aryl methyl sites for hydroxylation is 1. The topological polar surface area (TPSA) is 63.1 Å². The molecule has 0 saturated carbocycles. The molecule has 1 aliphatic rings. The third kappa shape index (κ3) is 3.83. The first-order chi connectivity index (χ1) is 14.7. The van der Waals surface area contributed by atoms with Crippen LogP contribution in [0.25, 0.3) is 10.9 Å². The number of rotatable bonds is 6. The van der Waals surface area contributed by atoms with E-state index in [2.05, 4.69) is 34.2 Å². The number of nitrogens with zero attached hydrogens (tertiary/aromatic N) is 2. The smallest absolute Gasteiger partial charge is 0.119 e. The van der Waals surface area contributed by atoms with Gasteiger partial charge < -0.3 is 19.4 Å². The molecule has 2 N–H and O–H groups in total. The molecule has 1 aliphatic carbocycles. The van der Waals surface area contributed by atoms with Gasteiger partial charge in [-0.05, 0) is 60.7 Å². The Bertz CT molecular complexity index is 1140. The number of ether oxygens (including phenoxy) is 1. The van der Waals surface area contributed by atoms with Crippen molar-refractivity contribution in [2.24, 2.45) is 0 Å². The molecular weight excluding hydrogens is 398 g/mol. The zero-order valence-electron chi connectivity index (χ0n) is 16.6. The predicted octanol–water partition coefficient (Wildman–Crippen LogP) is 4.93. The molecule has 5 rings (SSSR count). The van der Waals surface area contributed by atoms with E-state index in [1.807, 2.05) is 29.0 Å². The van der Waals surface area contributed by atoms with Crippen molar-refractivity contribution in [2.45, 2.75) is 37.8 Å². The number of fused-ring (bicyclic) bond motifs is 3. The second kappa shape index (κ2) is 8.17. The van der Waals surface area contributed by atoms with Crippen LogP contribution in [0.3, 0.4) is 0 Å². The van der Waals surface area contributed by atoms with Crippen molar-refractivity contribution in [1.29, 1.82) is 0 Å². The maximum absolute atomic E-state index is 10.2. The van der Waals surface area contributed by atoms with Gasteiger partial charge >= 0.3 is 0 Å². The van der Waals surface area contributed by atoms with Gasteiger partial charge in [-0.25, -0.2) is 4.98 Å². The minimum atomic E-state index is -0.585. The first-order valence-electron chi connectivity index (χ1n) is 10.3. The van der Waals surface area contributed by atoms with Crippen molar-refractivity contribution in [3.8, 4) is 5.75 Å². The standard InChI is InChI=1S/C24H24ClN3O2/c25-17-6-9-23-22(12-17)21-3-1-2-20(24(21)27-23)16-4-7-19(8-5-16)30-14-18(29)13-28-11-10-26-15-28/h4-12,15,18,20,27,29H,1-3,13-14H2. The number of imidazole rings is 1. The normalized spacial score (nSPS) is 17.1. The van der Waals surface area contributed by atoms with E-state index in [4.69, 9.17) is 16.3 Å². The second-order valence-corrected chi connectivity index (χ2v) is 8.38. The summed E-state index contributed by atoms with van der Waals surface area (Å²) in [5.74, 6) is 1.11. The summed E-state index contributed by atoms with van der Waals surface area (Å²) in [6.07, 6.45) is 8.00. The van der Waals surface area contributed by atoms with Gasteiger partial charge in [0.1, 0.15) is 18.5 Å². The molecule has 2 atom stereocenters. The van der Waals surface area contributed by atoms with Gasteiger partial charge in [-0.2, -0.15) is 0 Å². The monoisotopic (exact) mass is 421 g/mol. The Morgan fingerprint density at radius 1 is 1.23 bits per heavy atom.